The van der Waals surface area contributed by atoms with Crippen molar-refractivity contribution in [2.24, 2.45) is 0 Å². The fourth-order valence-corrected chi connectivity index (χ4v) is 20.1. The molecule has 8 heterocycles. The monoisotopic (exact) mass is 1620 g/mol. The number of nitrogens with zero attached hydrogens (tertiary/aromatic N) is 10. The Morgan fingerprint density at radius 1 is 0.185 bits per heavy atom. The molecule has 580 valence electrons. The fraction of sp³-hybridized carbons (Fsp3) is 0. The third-order valence-electron chi connectivity index (χ3n) is 23.4. The van der Waals surface area contributed by atoms with Gasteiger partial charge in [-0.3, -0.25) is 9.97 Å². The highest BCUT2D eigenvalue weighted by Crippen LogP contribution is 2.50. The van der Waals surface area contributed by atoms with E-state index in [0.29, 0.717) is 34.9 Å². The molecule has 0 saturated carbocycles. The number of hydrogen-bond donors (Lipinski definition) is 0. The van der Waals surface area contributed by atoms with E-state index in [2.05, 4.69) is 288 Å². The third kappa shape index (κ3) is 13.2. The maximum absolute atomic E-state index is 5.40. The molecule has 0 spiro atoms. The summed E-state index contributed by atoms with van der Waals surface area (Å²) >= 11 is 3.65. The molecule has 0 bridgehead atoms. The molecule has 24 aromatic rings. The van der Waals surface area contributed by atoms with Crippen LogP contribution in [-0.4, -0.2) is 49.0 Å². The van der Waals surface area contributed by atoms with E-state index in [0.717, 1.165) is 112 Å². The van der Waals surface area contributed by atoms with Gasteiger partial charge >= 0.3 is 0 Å². The highest BCUT2D eigenvalue weighted by molar-refractivity contribution is 7.27. The molecule has 0 aliphatic carbocycles. The summed E-state index contributed by atoms with van der Waals surface area (Å²) in [6.45, 7) is 0. The second-order valence-electron chi connectivity index (χ2n) is 30.9. The minimum Gasteiger partial charge on any atom is -0.309 e. The Kier molecular flexibility index (Phi) is 18.4. The summed E-state index contributed by atoms with van der Waals surface area (Å²) < 4.78 is 9.61. The predicted molar refractivity (Wildman–Crippen MR) is 515 cm³/mol. The molecule has 8 aromatic heterocycles. The van der Waals surface area contributed by atoms with Crippen molar-refractivity contribution in [3.8, 4) is 147 Å². The number of rotatable bonds is 14. The first-order valence-electron chi connectivity index (χ1n) is 41.4. The van der Waals surface area contributed by atoms with Gasteiger partial charge in [0.05, 0.1) is 33.5 Å². The van der Waals surface area contributed by atoms with Crippen LogP contribution in [0.15, 0.2) is 425 Å². The second kappa shape index (κ2) is 31.2. The van der Waals surface area contributed by atoms with Gasteiger partial charge in [-0.05, 0) is 118 Å². The first-order valence-corrected chi connectivity index (χ1v) is 43.1. The summed E-state index contributed by atoms with van der Waals surface area (Å²) in [5, 5.41) is 9.73. The van der Waals surface area contributed by atoms with Crippen LogP contribution in [0, 0.1) is 0 Å². The molecule has 0 saturated heterocycles. The molecule has 0 radical (unpaired) electrons. The number of aromatic nitrogens is 10. The number of pyridine rings is 2. The van der Waals surface area contributed by atoms with Gasteiger partial charge < -0.3 is 9.13 Å². The van der Waals surface area contributed by atoms with E-state index in [1.807, 2.05) is 169 Å². The van der Waals surface area contributed by atoms with E-state index >= 15 is 0 Å². The average Bonchev–Trinajstić information content (AvgIpc) is 1.56. The van der Waals surface area contributed by atoms with Crippen molar-refractivity contribution in [1.82, 2.24) is 49.0 Å². The molecule has 0 unspecified atom stereocenters. The van der Waals surface area contributed by atoms with Crippen LogP contribution in [0.1, 0.15) is 0 Å². The summed E-state index contributed by atoms with van der Waals surface area (Å²) in [5.74, 6) is 3.55. The summed E-state index contributed by atoms with van der Waals surface area (Å²) in [7, 11) is 0. The van der Waals surface area contributed by atoms with Crippen LogP contribution in [0.2, 0.25) is 0 Å². The lowest BCUT2D eigenvalue weighted by Crippen LogP contribution is -2.02. The molecular formula is C112H70N10S2. The predicted octanol–water partition coefficient (Wildman–Crippen LogP) is 29.5. The molecule has 24 rings (SSSR count). The summed E-state index contributed by atoms with van der Waals surface area (Å²) in [6, 6.07) is 145. The first-order chi connectivity index (χ1) is 61.5. The van der Waals surface area contributed by atoms with E-state index in [9.17, 15) is 0 Å². The molecule has 0 amide bonds. The minimum absolute atomic E-state index is 0.561. The maximum atomic E-state index is 5.40. The van der Waals surface area contributed by atoms with Crippen molar-refractivity contribution in [2.75, 3.05) is 0 Å². The summed E-state index contributed by atoms with van der Waals surface area (Å²) in [6.07, 6.45) is 4.00. The van der Waals surface area contributed by atoms with Crippen LogP contribution in [0.25, 0.3) is 231 Å². The van der Waals surface area contributed by atoms with E-state index < -0.39 is 0 Å². The number of benzene rings is 16. The molecule has 124 heavy (non-hydrogen) atoms. The fourth-order valence-electron chi connectivity index (χ4n) is 17.6. The molecule has 16 aromatic carbocycles. The molecule has 10 nitrogen and oxygen atoms in total. The molecule has 0 fully saturated rings. The van der Waals surface area contributed by atoms with E-state index in [1.165, 1.54) is 84.0 Å². The number of fused-ring (bicyclic) bond motifs is 13. The molecule has 0 aliphatic heterocycles. The normalized spacial score (nSPS) is 11.5. The van der Waals surface area contributed by atoms with Crippen molar-refractivity contribution in [3.63, 3.8) is 0 Å². The van der Waals surface area contributed by atoms with Gasteiger partial charge in [0.15, 0.2) is 34.9 Å². The quantitative estimate of drug-likeness (QED) is 0.106. The zero-order valence-electron chi connectivity index (χ0n) is 66.7. The van der Waals surface area contributed by atoms with Gasteiger partial charge in [-0.1, -0.05) is 328 Å². The van der Waals surface area contributed by atoms with Gasteiger partial charge in [0.2, 0.25) is 0 Å². The van der Waals surface area contributed by atoms with Gasteiger partial charge in [0.1, 0.15) is 0 Å². The van der Waals surface area contributed by atoms with E-state index in [4.69, 9.17) is 39.9 Å². The van der Waals surface area contributed by atoms with Crippen molar-refractivity contribution in [2.45, 2.75) is 0 Å². The maximum Gasteiger partial charge on any atom is 0.166 e. The third-order valence-corrected chi connectivity index (χ3v) is 25.8. The second-order valence-corrected chi connectivity index (χ2v) is 33.0. The van der Waals surface area contributed by atoms with Gasteiger partial charge in [-0.15, -0.1) is 22.7 Å². The van der Waals surface area contributed by atoms with Crippen molar-refractivity contribution in [1.29, 1.82) is 0 Å². The Morgan fingerprint density at radius 3 is 1.06 bits per heavy atom. The highest BCUT2D eigenvalue weighted by Gasteiger charge is 2.27. The number of hydrogen-bond acceptors (Lipinski definition) is 10. The average molecular weight is 1620 g/mol. The molecule has 0 aliphatic rings. The molecule has 12 heteroatoms. The summed E-state index contributed by atoms with van der Waals surface area (Å²) in [5.41, 5.74) is 24.7. The van der Waals surface area contributed by atoms with Gasteiger partial charge in [-0.2, -0.15) is 0 Å². The van der Waals surface area contributed by atoms with Crippen LogP contribution < -0.4 is 0 Å². The SMILES string of the molecule is c1ccc(-c2cccc(-c3cnc(-c4cccc5c4sc4cc6c7ccccc7n(-c7ccccc7)c6cc45)c(-c4nc(-c5ccccc5)nc(-c5ccccc5)n4)c3)c2)cc1.c1ccc(-c2cccc(-c3cnc(-c4cccc5sc6c(ccc7c6c6ccccc6n7-c6ccccc6)c45)c(-c4nc(-c5ccccc5)nc(-c5ccccc5)n4)c3)c2)cc1. The first kappa shape index (κ1) is 73.1. The lowest BCUT2D eigenvalue weighted by molar-refractivity contribution is 1.07. The molecule has 0 atom stereocenters. The van der Waals surface area contributed by atoms with Crippen LogP contribution in [-0.2, 0) is 0 Å². The van der Waals surface area contributed by atoms with Crippen molar-refractivity contribution in [3.05, 3.63) is 425 Å². The molecular weight excluding hydrogens is 1550 g/mol. The van der Waals surface area contributed by atoms with Crippen LogP contribution in [0.4, 0.5) is 0 Å². The van der Waals surface area contributed by atoms with Crippen molar-refractivity contribution < 1.29 is 0 Å². The standard InChI is InChI=1S/2C56H35N5S/c1-5-17-36(18-6-1)39-23-15-24-40(31-39)41-32-48(56-59-54(37-19-7-2-8-20-37)58-55(60-56)38-21-9-3-10-22-38)52(57-35-41)45-29-16-28-44-47-33-50-46(34-51(47)62-53(44)45)43-27-13-14-30-49(43)61(50)42-25-11-4-12-26-42;1-5-17-36(18-6-1)39-23-15-24-40(33-39)41-34-46(56-59-54(37-19-7-2-8-20-37)58-55(60-56)38-21-9-3-10-22-38)52(57-35-41)44-28-16-30-49-50(44)45-31-32-48-51(53(45)62-49)43-27-13-14-29-47(43)61(48)42-25-11-4-12-26-42/h2*1-35H. The Bertz CT molecular complexity index is 8090. The van der Waals surface area contributed by atoms with Crippen LogP contribution >= 0.6 is 22.7 Å². The van der Waals surface area contributed by atoms with Crippen LogP contribution in [0.5, 0.6) is 0 Å². The Morgan fingerprint density at radius 2 is 0.556 bits per heavy atom. The molecule has 0 N–H and O–H groups in total. The minimum atomic E-state index is 0.561. The summed E-state index contributed by atoms with van der Waals surface area (Å²) in [4.78, 5) is 41.9. The van der Waals surface area contributed by atoms with Gasteiger partial charge in [0, 0.05) is 141 Å². The Balaban J connectivity index is 0.000000143. The zero-order chi connectivity index (χ0) is 82.0. The van der Waals surface area contributed by atoms with Crippen LogP contribution in [0.3, 0.4) is 0 Å². The van der Waals surface area contributed by atoms with Gasteiger partial charge in [0.25, 0.3) is 0 Å². The number of thiophene rings is 2. The Hall–Kier alpha value is -16.1. The topological polar surface area (TPSA) is 113 Å². The van der Waals surface area contributed by atoms with E-state index in [1.54, 1.807) is 0 Å². The zero-order valence-corrected chi connectivity index (χ0v) is 68.3. The number of para-hydroxylation sites is 4. The largest absolute Gasteiger partial charge is 0.309 e. The lowest BCUT2D eigenvalue weighted by atomic mass is 9.95. The highest BCUT2D eigenvalue weighted by atomic mass is 32.1. The van der Waals surface area contributed by atoms with E-state index in [-0.39, 0.29) is 0 Å². The smallest absolute Gasteiger partial charge is 0.166 e. The lowest BCUT2D eigenvalue weighted by Gasteiger charge is -2.14. The van der Waals surface area contributed by atoms with Gasteiger partial charge in [-0.25, -0.2) is 29.9 Å². The Labute approximate surface area is 722 Å². The van der Waals surface area contributed by atoms with Crippen molar-refractivity contribution >= 4 is 107 Å².